The fourth-order valence-electron chi connectivity index (χ4n) is 2.48. The van der Waals surface area contributed by atoms with Crippen molar-refractivity contribution in [1.29, 1.82) is 0 Å². The van der Waals surface area contributed by atoms with Gasteiger partial charge in [0.25, 0.3) is 0 Å². The Labute approximate surface area is 116 Å². The third kappa shape index (κ3) is 2.21. The molecular weight excluding hydrogens is 260 g/mol. The van der Waals surface area contributed by atoms with Crippen molar-refractivity contribution in [2.75, 3.05) is 0 Å². The molecule has 2 N–H and O–H groups in total. The van der Waals surface area contributed by atoms with Crippen LogP contribution in [0.3, 0.4) is 0 Å². The predicted molar refractivity (Wildman–Crippen MR) is 72.1 cm³/mol. The van der Waals surface area contributed by atoms with Crippen molar-refractivity contribution < 1.29 is 13.5 Å². The van der Waals surface area contributed by atoms with E-state index in [9.17, 15) is 8.78 Å². The van der Waals surface area contributed by atoms with Gasteiger partial charge in [-0.25, -0.2) is 8.78 Å². The van der Waals surface area contributed by atoms with E-state index in [1.807, 2.05) is 18.2 Å². The zero-order valence-corrected chi connectivity index (χ0v) is 11.1. The summed E-state index contributed by atoms with van der Waals surface area (Å²) in [7, 11) is 0. The quantitative estimate of drug-likeness (QED) is 0.912. The van der Waals surface area contributed by atoms with Gasteiger partial charge in [0.1, 0.15) is 11.6 Å². The van der Waals surface area contributed by atoms with Gasteiger partial charge in [-0.05, 0) is 35.2 Å². The summed E-state index contributed by atoms with van der Waals surface area (Å²) < 4.78 is 32.6. The molecule has 2 aromatic rings. The van der Waals surface area contributed by atoms with E-state index in [0.717, 1.165) is 22.8 Å². The van der Waals surface area contributed by atoms with Crippen LogP contribution >= 0.6 is 0 Å². The molecule has 1 aliphatic rings. The number of ether oxygens (including phenoxy) is 1. The monoisotopic (exact) mass is 275 g/mol. The summed E-state index contributed by atoms with van der Waals surface area (Å²) in [4.78, 5) is 0. The van der Waals surface area contributed by atoms with Gasteiger partial charge in [-0.15, -0.1) is 0 Å². The first-order valence-electron chi connectivity index (χ1n) is 6.47. The van der Waals surface area contributed by atoms with E-state index in [1.165, 1.54) is 6.07 Å². The van der Waals surface area contributed by atoms with E-state index in [0.29, 0.717) is 24.3 Å². The molecule has 0 bridgehead atoms. The molecule has 4 heteroatoms. The predicted octanol–water partition coefficient (Wildman–Crippen LogP) is 3.35. The lowest BCUT2D eigenvalue weighted by Gasteiger charge is -2.15. The fraction of sp³-hybridized carbons (Fsp3) is 0.250. The van der Waals surface area contributed by atoms with Crippen LogP contribution in [-0.4, -0.2) is 0 Å². The molecule has 104 valence electrons. The van der Waals surface area contributed by atoms with E-state index < -0.39 is 17.7 Å². The first kappa shape index (κ1) is 13.2. The van der Waals surface area contributed by atoms with Crippen LogP contribution < -0.4 is 5.73 Å². The molecule has 0 aromatic heterocycles. The Morgan fingerprint density at radius 3 is 2.60 bits per heavy atom. The van der Waals surface area contributed by atoms with E-state index in [4.69, 9.17) is 10.5 Å². The normalized spacial score (nSPS) is 15.2. The van der Waals surface area contributed by atoms with Crippen LogP contribution in [0.15, 0.2) is 30.3 Å². The molecular formula is C16H15F2NO. The first-order chi connectivity index (χ1) is 9.56. The number of halogens is 2. The van der Waals surface area contributed by atoms with Crippen LogP contribution in [0.4, 0.5) is 8.78 Å². The Morgan fingerprint density at radius 1 is 1.05 bits per heavy atom. The Balaban J connectivity index is 2.00. The Morgan fingerprint density at radius 2 is 1.80 bits per heavy atom. The first-order valence-corrected chi connectivity index (χ1v) is 6.47. The molecule has 0 fully saturated rings. The van der Waals surface area contributed by atoms with Crippen LogP contribution in [0, 0.1) is 18.6 Å². The number of hydrogen-bond acceptors (Lipinski definition) is 2. The highest BCUT2D eigenvalue weighted by Crippen LogP contribution is 2.28. The smallest absolute Gasteiger partial charge is 0.131 e. The van der Waals surface area contributed by atoms with Crippen molar-refractivity contribution in [3.05, 3.63) is 69.8 Å². The van der Waals surface area contributed by atoms with Crippen LogP contribution in [0.5, 0.6) is 0 Å². The van der Waals surface area contributed by atoms with Gasteiger partial charge in [0.05, 0.1) is 19.3 Å². The summed E-state index contributed by atoms with van der Waals surface area (Å²) in [6.45, 7) is 2.76. The van der Waals surface area contributed by atoms with Crippen molar-refractivity contribution in [1.82, 2.24) is 0 Å². The number of benzene rings is 2. The second kappa shape index (κ2) is 4.96. The number of nitrogens with two attached hydrogens (primary N) is 1. The maximum atomic E-state index is 13.9. The molecule has 1 atom stereocenters. The lowest BCUT2D eigenvalue weighted by molar-refractivity contribution is 0.134. The average molecular weight is 275 g/mol. The lowest BCUT2D eigenvalue weighted by atomic mass is 9.95. The largest absolute Gasteiger partial charge is 0.372 e. The average Bonchev–Trinajstić information content (AvgIpc) is 2.89. The third-order valence-electron chi connectivity index (χ3n) is 3.72. The van der Waals surface area contributed by atoms with Crippen molar-refractivity contribution in [3.63, 3.8) is 0 Å². The van der Waals surface area contributed by atoms with E-state index in [2.05, 4.69) is 0 Å². The second-order valence-corrected chi connectivity index (χ2v) is 5.12. The SMILES string of the molecule is Cc1cc(C(N)c2ccc3c(c2)COC3)c(F)cc1F. The van der Waals surface area contributed by atoms with E-state index in [-0.39, 0.29) is 0 Å². The van der Waals surface area contributed by atoms with Gasteiger partial charge in [0, 0.05) is 11.6 Å². The highest BCUT2D eigenvalue weighted by atomic mass is 19.1. The molecule has 0 radical (unpaired) electrons. The van der Waals surface area contributed by atoms with E-state index >= 15 is 0 Å². The van der Waals surface area contributed by atoms with Crippen LogP contribution in [0.2, 0.25) is 0 Å². The summed E-state index contributed by atoms with van der Waals surface area (Å²) in [5, 5.41) is 0. The molecule has 0 saturated carbocycles. The maximum absolute atomic E-state index is 13.9. The van der Waals surface area contributed by atoms with Crippen LogP contribution in [0.1, 0.15) is 33.9 Å². The fourth-order valence-corrected chi connectivity index (χ4v) is 2.48. The summed E-state index contributed by atoms with van der Waals surface area (Å²) in [6, 6.07) is 7.51. The minimum atomic E-state index is -0.614. The van der Waals surface area contributed by atoms with Crippen LogP contribution in [-0.2, 0) is 18.0 Å². The minimum Gasteiger partial charge on any atom is -0.372 e. The summed E-state index contributed by atoms with van der Waals surface area (Å²) in [5.74, 6) is -1.17. The number of fused-ring (bicyclic) bond motifs is 1. The maximum Gasteiger partial charge on any atom is 0.131 e. The molecule has 2 nitrogen and oxygen atoms in total. The highest BCUT2D eigenvalue weighted by molar-refractivity contribution is 5.40. The topological polar surface area (TPSA) is 35.2 Å². The van der Waals surface area contributed by atoms with E-state index in [1.54, 1.807) is 6.92 Å². The van der Waals surface area contributed by atoms with Gasteiger partial charge < -0.3 is 10.5 Å². The molecule has 1 unspecified atom stereocenters. The molecule has 3 rings (SSSR count). The van der Waals surface area contributed by atoms with Crippen molar-refractivity contribution in [2.24, 2.45) is 5.73 Å². The molecule has 1 aliphatic heterocycles. The molecule has 0 saturated heterocycles. The number of rotatable bonds is 2. The molecule has 0 aliphatic carbocycles. The summed E-state index contributed by atoms with van der Waals surface area (Å²) in [6.07, 6.45) is 0. The highest BCUT2D eigenvalue weighted by Gasteiger charge is 2.18. The standard InChI is InChI=1S/C16H15F2NO/c1-9-4-13(15(18)6-14(9)17)16(19)10-2-3-11-7-20-8-12(11)5-10/h2-6,16H,7-8,19H2,1H3. The Bertz CT molecular complexity index is 670. The van der Waals surface area contributed by atoms with Gasteiger partial charge in [-0.1, -0.05) is 18.2 Å². The molecule has 2 aromatic carbocycles. The molecule has 1 heterocycles. The summed E-state index contributed by atoms with van der Waals surface area (Å²) in [5.41, 5.74) is 9.85. The van der Waals surface area contributed by atoms with Gasteiger partial charge in [-0.2, -0.15) is 0 Å². The van der Waals surface area contributed by atoms with Crippen molar-refractivity contribution in [3.8, 4) is 0 Å². The van der Waals surface area contributed by atoms with Gasteiger partial charge in [-0.3, -0.25) is 0 Å². The Hall–Kier alpha value is -1.78. The summed E-state index contributed by atoms with van der Waals surface area (Å²) >= 11 is 0. The number of aryl methyl sites for hydroxylation is 1. The lowest BCUT2D eigenvalue weighted by Crippen LogP contribution is -2.14. The minimum absolute atomic E-state index is 0.308. The molecule has 20 heavy (non-hydrogen) atoms. The molecule has 0 spiro atoms. The zero-order valence-electron chi connectivity index (χ0n) is 11.1. The third-order valence-corrected chi connectivity index (χ3v) is 3.72. The van der Waals surface area contributed by atoms with Gasteiger partial charge in [0.2, 0.25) is 0 Å². The van der Waals surface area contributed by atoms with Gasteiger partial charge in [0.15, 0.2) is 0 Å². The Kier molecular flexibility index (Phi) is 3.28. The van der Waals surface area contributed by atoms with Crippen molar-refractivity contribution in [2.45, 2.75) is 26.2 Å². The van der Waals surface area contributed by atoms with Crippen LogP contribution in [0.25, 0.3) is 0 Å². The van der Waals surface area contributed by atoms with Crippen molar-refractivity contribution >= 4 is 0 Å². The number of hydrogen-bond donors (Lipinski definition) is 1. The van der Waals surface area contributed by atoms with Gasteiger partial charge >= 0.3 is 0 Å². The molecule has 0 amide bonds. The second-order valence-electron chi connectivity index (χ2n) is 5.12. The zero-order chi connectivity index (χ0) is 14.3.